The van der Waals surface area contributed by atoms with E-state index in [4.69, 9.17) is 25.5 Å². The van der Waals surface area contributed by atoms with E-state index in [-0.39, 0.29) is 0 Å². The molecule has 0 heterocycles. The molecule has 0 rings (SSSR count). The normalized spacial score (nSPS) is 12.5. The van der Waals surface area contributed by atoms with Gasteiger partial charge in [-0.1, -0.05) is 84.0 Å². The van der Waals surface area contributed by atoms with Gasteiger partial charge in [-0.2, -0.15) is 0 Å². The van der Waals surface area contributed by atoms with Gasteiger partial charge < -0.3 is 25.5 Å². The van der Waals surface area contributed by atoms with Crippen LogP contribution < -0.4 is 0 Å². The molecular weight excluding hydrogens is 368 g/mol. The molecule has 5 N–H and O–H groups in total. The summed E-state index contributed by atoms with van der Waals surface area (Å²) in [7, 11) is 0. The number of carboxylic acid groups (broad SMARTS) is 3. The van der Waals surface area contributed by atoms with Crippen molar-refractivity contribution in [3.63, 3.8) is 0 Å². The summed E-state index contributed by atoms with van der Waals surface area (Å²) in [5, 5.41) is 41.0. The van der Waals surface area contributed by atoms with Crippen LogP contribution in [0, 0.1) is 0 Å². The van der Waals surface area contributed by atoms with Gasteiger partial charge in [0.05, 0.1) is 0 Å². The third-order valence-electron chi connectivity index (χ3n) is 4.30. The minimum Gasteiger partial charge on any atom is -0.481 e. The van der Waals surface area contributed by atoms with Crippen LogP contribution in [0.3, 0.4) is 0 Å². The molecule has 0 saturated carbocycles. The Bertz CT molecular complexity index is 393. The quantitative estimate of drug-likeness (QED) is 0.230. The van der Waals surface area contributed by atoms with Crippen LogP contribution in [0.25, 0.3) is 0 Å². The first-order valence-electron chi connectivity index (χ1n) is 10.3. The van der Waals surface area contributed by atoms with Gasteiger partial charge in [0.1, 0.15) is 0 Å². The fourth-order valence-electron chi connectivity index (χ4n) is 2.56. The lowest BCUT2D eigenvalue weighted by molar-refractivity contribution is -0.165. The molecule has 0 unspecified atom stereocenters. The Morgan fingerprint density at radius 1 is 0.571 bits per heavy atom. The lowest BCUT2D eigenvalue weighted by Gasteiger charge is -2.07. The maximum Gasteiger partial charge on any atom is 0.335 e. The zero-order valence-corrected chi connectivity index (χ0v) is 17.0. The van der Waals surface area contributed by atoms with Crippen molar-refractivity contribution in [3.8, 4) is 0 Å². The average molecular weight is 407 g/mol. The van der Waals surface area contributed by atoms with E-state index in [2.05, 4.69) is 6.92 Å². The molecule has 0 spiro atoms. The number of hydrogen-bond donors (Lipinski definition) is 5. The second-order valence-corrected chi connectivity index (χ2v) is 6.95. The first-order chi connectivity index (χ1) is 13.2. The largest absolute Gasteiger partial charge is 0.481 e. The first kappa shape index (κ1) is 28.5. The summed E-state index contributed by atoms with van der Waals surface area (Å²) >= 11 is 0. The van der Waals surface area contributed by atoms with E-state index in [1.54, 1.807) is 0 Å². The number of carboxylic acids is 3. The highest BCUT2D eigenvalue weighted by Gasteiger charge is 2.29. The molecule has 0 aliphatic heterocycles. The predicted octanol–water partition coefficient (Wildman–Crippen LogP) is 3.43. The molecule has 0 aliphatic rings. The van der Waals surface area contributed by atoms with Crippen molar-refractivity contribution in [3.05, 3.63) is 0 Å². The van der Waals surface area contributed by atoms with Crippen molar-refractivity contribution in [1.82, 2.24) is 0 Å². The van der Waals surface area contributed by atoms with Crippen molar-refractivity contribution in [2.24, 2.45) is 0 Å². The topological polar surface area (TPSA) is 152 Å². The minimum absolute atomic E-state index is 0.345. The van der Waals surface area contributed by atoms with E-state index in [0.717, 1.165) is 12.8 Å². The summed E-state index contributed by atoms with van der Waals surface area (Å²) in [5.41, 5.74) is 0. The average Bonchev–Trinajstić information content (AvgIpc) is 2.64. The Balaban J connectivity index is 0. The molecule has 0 aromatic heterocycles. The van der Waals surface area contributed by atoms with Crippen LogP contribution in [-0.2, 0) is 14.4 Å². The number of aliphatic carboxylic acids is 3. The number of aliphatic hydroxyl groups excluding tert-OH is 2. The van der Waals surface area contributed by atoms with Gasteiger partial charge in [-0.3, -0.25) is 4.79 Å². The Hall–Kier alpha value is -1.67. The highest BCUT2D eigenvalue weighted by Crippen LogP contribution is 2.12. The Morgan fingerprint density at radius 2 is 0.857 bits per heavy atom. The van der Waals surface area contributed by atoms with Crippen molar-refractivity contribution in [2.75, 3.05) is 0 Å². The lowest BCUT2D eigenvalue weighted by atomic mass is 10.0. The second kappa shape index (κ2) is 20.1. The number of aliphatic hydroxyl groups is 2. The SMILES string of the molecule is CCCCCCCCCCCCCCCC(=O)O.O=C(O)[C@H](O)[C@@H](O)C(=O)O. The van der Waals surface area contributed by atoms with E-state index in [1.165, 1.54) is 70.6 Å². The molecule has 0 amide bonds. The summed E-state index contributed by atoms with van der Waals surface area (Å²) in [5.74, 6) is -4.19. The molecule has 8 nitrogen and oxygen atoms in total. The third kappa shape index (κ3) is 20.6. The standard InChI is InChI=1S/C16H32O2.C4H6O6/c1-2-3-4-5-6-7-8-9-10-11-12-13-14-15-16(17)18;5-1(3(7)8)2(6)4(9)10/h2-15H2,1H3,(H,17,18);1-2,5-6H,(H,7,8)(H,9,10)/t;1-,2-/m.1/s1. The summed E-state index contributed by atoms with van der Waals surface area (Å²) in [6.07, 6.45) is 12.7. The Morgan fingerprint density at radius 3 is 1.11 bits per heavy atom. The van der Waals surface area contributed by atoms with Gasteiger partial charge in [0.25, 0.3) is 0 Å². The third-order valence-corrected chi connectivity index (χ3v) is 4.30. The highest BCUT2D eigenvalue weighted by molar-refractivity contribution is 5.83. The molecule has 2 atom stereocenters. The molecule has 0 bridgehead atoms. The summed E-state index contributed by atoms with van der Waals surface area (Å²) in [6, 6.07) is 0. The molecule has 28 heavy (non-hydrogen) atoms. The Kier molecular flexibility index (Phi) is 20.5. The van der Waals surface area contributed by atoms with Crippen LogP contribution in [0.1, 0.15) is 96.8 Å². The molecule has 0 radical (unpaired) electrons. The van der Waals surface area contributed by atoms with Crippen molar-refractivity contribution in [1.29, 1.82) is 0 Å². The van der Waals surface area contributed by atoms with Gasteiger partial charge in [0.15, 0.2) is 12.2 Å². The van der Waals surface area contributed by atoms with Crippen LogP contribution in [0.15, 0.2) is 0 Å². The molecule has 8 heteroatoms. The second-order valence-electron chi connectivity index (χ2n) is 6.95. The summed E-state index contributed by atoms with van der Waals surface area (Å²) in [4.78, 5) is 29.8. The van der Waals surface area contributed by atoms with Gasteiger partial charge in [0, 0.05) is 6.42 Å². The van der Waals surface area contributed by atoms with Crippen molar-refractivity contribution < 1.29 is 39.9 Å². The number of unbranched alkanes of at least 4 members (excludes halogenated alkanes) is 12. The fourth-order valence-corrected chi connectivity index (χ4v) is 2.56. The van der Waals surface area contributed by atoms with E-state index in [0.29, 0.717) is 6.42 Å². The molecule has 0 aromatic rings. The van der Waals surface area contributed by atoms with Crippen molar-refractivity contribution in [2.45, 2.75) is 109 Å². The smallest absolute Gasteiger partial charge is 0.335 e. The summed E-state index contributed by atoms with van der Waals surface area (Å²) in [6.45, 7) is 2.26. The highest BCUT2D eigenvalue weighted by atomic mass is 16.4. The zero-order valence-electron chi connectivity index (χ0n) is 17.0. The number of carbonyl (C=O) groups is 3. The molecule has 0 aliphatic carbocycles. The van der Waals surface area contributed by atoms with Gasteiger partial charge in [-0.05, 0) is 6.42 Å². The Labute approximate surface area is 167 Å². The zero-order chi connectivity index (χ0) is 21.8. The van der Waals surface area contributed by atoms with Gasteiger partial charge in [-0.15, -0.1) is 0 Å². The van der Waals surface area contributed by atoms with Crippen LogP contribution in [0.2, 0.25) is 0 Å². The number of rotatable bonds is 17. The molecule has 0 fully saturated rings. The van der Waals surface area contributed by atoms with Crippen LogP contribution in [0.4, 0.5) is 0 Å². The fraction of sp³-hybridized carbons (Fsp3) is 0.850. The molecule has 166 valence electrons. The van der Waals surface area contributed by atoms with Crippen LogP contribution >= 0.6 is 0 Å². The molecule has 0 saturated heterocycles. The molecule has 0 aromatic carbocycles. The van der Waals surface area contributed by atoms with Gasteiger partial charge >= 0.3 is 17.9 Å². The number of hydrogen-bond acceptors (Lipinski definition) is 5. The predicted molar refractivity (Wildman–Crippen MR) is 105 cm³/mol. The molecular formula is C20H38O8. The van der Waals surface area contributed by atoms with Gasteiger partial charge in [-0.25, -0.2) is 9.59 Å². The minimum atomic E-state index is -2.27. The van der Waals surface area contributed by atoms with Crippen LogP contribution in [0.5, 0.6) is 0 Å². The van der Waals surface area contributed by atoms with E-state index in [1.807, 2.05) is 0 Å². The van der Waals surface area contributed by atoms with E-state index in [9.17, 15) is 14.4 Å². The van der Waals surface area contributed by atoms with Crippen LogP contribution in [-0.4, -0.2) is 55.6 Å². The van der Waals surface area contributed by atoms with E-state index < -0.39 is 30.1 Å². The van der Waals surface area contributed by atoms with Crippen molar-refractivity contribution >= 4 is 17.9 Å². The maximum absolute atomic E-state index is 10.3. The maximum atomic E-state index is 10.3. The first-order valence-corrected chi connectivity index (χ1v) is 10.3. The monoisotopic (exact) mass is 406 g/mol. The lowest BCUT2D eigenvalue weighted by Crippen LogP contribution is -2.39. The van der Waals surface area contributed by atoms with Gasteiger partial charge in [0.2, 0.25) is 0 Å². The summed E-state index contributed by atoms with van der Waals surface area (Å²) < 4.78 is 0. The van der Waals surface area contributed by atoms with E-state index >= 15 is 0 Å².